The fourth-order valence-electron chi connectivity index (χ4n) is 2.73. The number of aliphatic hydroxyl groups excluding tert-OH is 1. The maximum atomic E-state index is 10.1. The minimum Gasteiger partial charge on any atom is -0.507 e. The van der Waals surface area contributed by atoms with Gasteiger partial charge in [-0.25, -0.2) is 4.98 Å². The molecule has 118 valence electrons. The lowest BCUT2D eigenvalue weighted by atomic mass is 10.1. The van der Waals surface area contributed by atoms with Crippen molar-refractivity contribution >= 4 is 34.7 Å². The van der Waals surface area contributed by atoms with E-state index in [-0.39, 0.29) is 11.9 Å². The Hall–Kier alpha value is -1.95. The van der Waals surface area contributed by atoms with Gasteiger partial charge >= 0.3 is 0 Å². The fraction of sp³-hybridized carbons (Fsp3) is 0.188. The molecule has 5 nitrogen and oxygen atoms in total. The van der Waals surface area contributed by atoms with Gasteiger partial charge in [0.1, 0.15) is 17.2 Å². The van der Waals surface area contributed by atoms with Crippen molar-refractivity contribution in [2.75, 3.05) is 18.0 Å². The molecule has 0 radical (unpaired) electrons. The molecule has 1 fully saturated rings. The monoisotopic (exact) mass is 349 g/mol. The highest BCUT2D eigenvalue weighted by Gasteiger charge is 2.26. The summed E-state index contributed by atoms with van der Waals surface area (Å²) in [5, 5.41) is 20.2. The number of phenolic OH excluding ortho intramolecular Hbond substituents is 1. The Morgan fingerprint density at radius 3 is 2.70 bits per heavy atom. The van der Waals surface area contributed by atoms with E-state index in [1.54, 1.807) is 6.07 Å². The van der Waals surface area contributed by atoms with Crippen molar-refractivity contribution in [3.05, 3.63) is 46.7 Å². The van der Waals surface area contributed by atoms with Gasteiger partial charge in [0, 0.05) is 24.8 Å². The number of aliphatic hydroxyl groups is 1. The molecule has 3 heterocycles. The van der Waals surface area contributed by atoms with Gasteiger partial charge in [-0.05, 0) is 29.8 Å². The molecule has 4 rings (SSSR count). The van der Waals surface area contributed by atoms with Gasteiger partial charge in [-0.3, -0.25) is 0 Å². The average molecular weight is 350 g/mol. The van der Waals surface area contributed by atoms with Gasteiger partial charge in [0.15, 0.2) is 0 Å². The Morgan fingerprint density at radius 1 is 1.17 bits per heavy atom. The molecule has 7 heteroatoms. The maximum Gasteiger partial charge on any atom is 0.148 e. The first-order valence-electron chi connectivity index (χ1n) is 7.12. The molecule has 0 amide bonds. The van der Waals surface area contributed by atoms with Crippen LogP contribution in [0.2, 0.25) is 10.0 Å². The lowest BCUT2D eigenvalue weighted by Crippen LogP contribution is -2.51. The van der Waals surface area contributed by atoms with Crippen LogP contribution in [0, 0.1) is 0 Å². The number of anilines is 1. The van der Waals surface area contributed by atoms with Crippen LogP contribution in [-0.4, -0.2) is 38.8 Å². The highest BCUT2D eigenvalue weighted by Crippen LogP contribution is 2.40. The lowest BCUT2D eigenvalue weighted by molar-refractivity contribution is 0.141. The Labute approximate surface area is 142 Å². The second-order valence-corrected chi connectivity index (χ2v) is 6.38. The zero-order valence-corrected chi connectivity index (χ0v) is 13.5. The molecule has 0 bridgehead atoms. The summed E-state index contributed by atoms with van der Waals surface area (Å²) in [6.07, 6.45) is 3.48. The number of benzene rings is 1. The van der Waals surface area contributed by atoms with Crippen molar-refractivity contribution in [1.29, 1.82) is 0 Å². The third kappa shape index (κ3) is 2.41. The molecule has 23 heavy (non-hydrogen) atoms. The van der Waals surface area contributed by atoms with E-state index in [1.165, 1.54) is 6.07 Å². The van der Waals surface area contributed by atoms with Gasteiger partial charge < -0.3 is 19.5 Å². The second kappa shape index (κ2) is 5.30. The molecule has 3 aromatic rings. The number of hydrogen-bond acceptors (Lipinski definition) is 4. The number of aromatic nitrogens is 2. The fourth-order valence-corrected chi connectivity index (χ4v) is 3.16. The van der Waals surface area contributed by atoms with Crippen LogP contribution >= 0.6 is 23.2 Å². The summed E-state index contributed by atoms with van der Waals surface area (Å²) in [6.45, 7) is 1.19. The number of imidazole rings is 1. The van der Waals surface area contributed by atoms with Gasteiger partial charge in [0.05, 0.1) is 22.3 Å². The molecule has 0 atom stereocenters. The summed E-state index contributed by atoms with van der Waals surface area (Å²) in [5.41, 5.74) is 1.96. The van der Waals surface area contributed by atoms with E-state index in [1.807, 2.05) is 33.8 Å². The van der Waals surface area contributed by atoms with Crippen LogP contribution in [0.25, 0.3) is 16.8 Å². The van der Waals surface area contributed by atoms with Crippen molar-refractivity contribution in [1.82, 2.24) is 9.38 Å². The summed E-state index contributed by atoms with van der Waals surface area (Å²) in [6, 6.07) is 6.77. The first-order chi connectivity index (χ1) is 11.0. The molecular weight excluding hydrogens is 337 g/mol. The zero-order chi connectivity index (χ0) is 16.1. The first kappa shape index (κ1) is 14.6. The zero-order valence-electron chi connectivity index (χ0n) is 11.9. The van der Waals surface area contributed by atoms with E-state index in [0.717, 1.165) is 17.0 Å². The molecule has 0 aliphatic carbocycles. The number of aromatic hydroxyl groups is 1. The van der Waals surface area contributed by atoms with E-state index < -0.39 is 0 Å². The SMILES string of the molecule is Oc1ccc(Cl)c(Cl)c1-c1ccn2cc(N3CC(O)C3)nc2c1. The maximum absolute atomic E-state index is 10.1. The Morgan fingerprint density at radius 2 is 1.96 bits per heavy atom. The van der Waals surface area contributed by atoms with Crippen LogP contribution in [0.3, 0.4) is 0 Å². The van der Waals surface area contributed by atoms with Crippen LogP contribution < -0.4 is 4.90 Å². The molecule has 0 saturated carbocycles. The molecule has 2 aromatic heterocycles. The molecule has 1 saturated heterocycles. The Bertz CT molecular complexity index is 904. The number of β-amino-alcohol motifs (C(OH)–C–C–N with tert-alkyl or cyclic N) is 1. The highest BCUT2D eigenvalue weighted by atomic mass is 35.5. The van der Waals surface area contributed by atoms with Crippen molar-refractivity contribution in [2.24, 2.45) is 0 Å². The normalized spacial score (nSPS) is 15.2. The Kier molecular flexibility index (Phi) is 3.37. The van der Waals surface area contributed by atoms with Crippen molar-refractivity contribution < 1.29 is 10.2 Å². The number of nitrogens with zero attached hydrogens (tertiary/aromatic N) is 3. The summed E-state index contributed by atoms with van der Waals surface area (Å²) in [5.74, 6) is 0.884. The van der Waals surface area contributed by atoms with E-state index in [4.69, 9.17) is 23.2 Å². The van der Waals surface area contributed by atoms with E-state index in [2.05, 4.69) is 4.98 Å². The van der Waals surface area contributed by atoms with Gasteiger partial charge in [0.25, 0.3) is 0 Å². The van der Waals surface area contributed by atoms with Crippen LogP contribution in [-0.2, 0) is 0 Å². The molecule has 1 aliphatic rings. The molecule has 0 spiro atoms. The van der Waals surface area contributed by atoms with Gasteiger partial charge in [-0.15, -0.1) is 0 Å². The lowest BCUT2D eigenvalue weighted by Gasteiger charge is -2.35. The number of fused-ring (bicyclic) bond motifs is 1. The highest BCUT2D eigenvalue weighted by molar-refractivity contribution is 6.44. The minimum absolute atomic E-state index is 0.0707. The van der Waals surface area contributed by atoms with Crippen molar-refractivity contribution in [3.8, 4) is 16.9 Å². The van der Waals surface area contributed by atoms with E-state index in [9.17, 15) is 10.2 Å². The van der Waals surface area contributed by atoms with Crippen LogP contribution in [0.5, 0.6) is 5.75 Å². The number of phenols is 1. The summed E-state index contributed by atoms with van der Waals surface area (Å²) in [7, 11) is 0. The van der Waals surface area contributed by atoms with E-state index in [0.29, 0.717) is 28.7 Å². The van der Waals surface area contributed by atoms with E-state index >= 15 is 0 Å². The third-order valence-corrected chi connectivity index (χ3v) is 4.80. The van der Waals surface area contributed by atoms with Gasteiger partial charge in [-0.1, -0.05) is 23.2 Å². The van der Waals surface area contributed by atoms with Gasteiger partial charge in [-0.2, -0.15) is 0 Å². The van der Waals surface area contributed by atoms with Crippen molar-refractivity contribution in [3.63, 3.8) is 0 Å². The van der Waals surface area contributed by atoms with Crippen LogP contribution in [0.1, 0.15) is 0 Å². The largest absolute Gasteiger partial charge is 0.507 e. The summed E-state index contributed by atoms with van der Waals surface area (Å²) < 4.78 is 1.89. The first-order valence-corrected chi connectivity index (χ1v) is 7.87. The Balaban J connectivity index is 1.79. The molecular formula is C16H13Cl2N3O2. The number of rotatable bonds is 2. The molecule has 2 N–H and O–H groups in total. The topological polar surface area (TPSA) is 61.0 Å². The molecule has 1 aromatic carbocycles. The number of hydrogen-bond donors (Lipinski definition) is 2. The summed E-state index contributed by atoms with van der Waals surface area (Å²) >= 11 is 12.3. The predicted octanol–water partition coefficient (Wildman–Crippen LogP) is 3.19. The number of pyridine rings is 1. The predicted molar refractivity (Wildman–Crippen MR) is 90.5 cm³/mol. The molecule has 0 unspecified atom stereocenters. The standard InChI is InChI=1S/C16H13Cl2N3O2/c17-11-1-2-12(23)15(16(11)18)9-3-4-20-8-14(19-13(20)5-9)21-6-10(22)7-21/h1-5,8,10,22-23H,6-7H2. The minimum atomic E-state index is -0.280. The molecule has 1 aliphatic heterocycles. The third-order valence-electron chi connectivity index (χ3n) is 4.00. The quantitative estimate of drug-likeness (QED) is 0.745. The number of halogens is 2. The van der Waals surface area contributed by atoms with Gasteiger partial charge in [0.2, 0.25) is 0 Å². The average Bonchev–Trinajstić information content (AvgIpc) is 2.91. The van der Waals surface area contributed by atoms with Crippen LogP contribution in [0.15, 0.2) is 36.7 Å². The van der Waals surface area contributed by atoms with Crippen LogP contribution in [0.4, 0.5) is 5.82 Å². The summed E-state index contributed by atoms with van der Waals surface area (Å²) in [4.78, 5) is 6.56. The second-order valence-electron chi connectivity index (χ2n) is 5.59. The smallest absolute Gasteiger partial charge is 0.148 e. The van der Waals surface area contributed by atoms with Crippen molar-refractivity contribution in [2.45, 2.75) is 6.10 Å².